The average Bonchev–Trinajstić information content (AvgIpc) is 2.81. The Kier molecular flexibility index (Phi) is 9.58. The lowest BCUT2D eigenvalue weighted by atomic mass is 9.72. The molecule has 1 N–H and O–H groups in total. The van der Waals surface area contributed by atoms with Crippen LogP contribution in [0.5, 0.6) is 5.75 Å². The highest BCUT2D eigenvalue weighted by molar-refractivity contribution is 5.35. The molecule has 0 saturated carbocycles. The Morgan fingerprint density at radius 1 is 1.00 bits per heavy atom. The Balaban J connectivity index is 1.88. The van der Waals surface area contributed by atoms with Gasteiger partial charge in [-0.3, -0.25) is 4.90 Å². The highest BCUT2D eigenvalue weighted by Crippen LogP contribution is 2.43. The van der Waals surface area contributed by atoms with E-state index in [2.05, 4.69) is 62.1 Å². The summed E-state index contributed by atoms with van der Waals surface area (Å²) < 4.78 is 11.5. The molecular formula is C28H41NO3. The zero-order valence-electron chi connectivity index (χ0n) is 20.1. The maximum Gasteiger partial charge on any atom is 0.119 e. The molecule has 176 valence electrons. The van der Waals surface area contributed by atoms with Crippen LogP contribution in [-0.2, 0) is 10.3 Å². The molecule has 0 aromatic heterocycles. The summed E-state index contributed by atoms with van der Waals surface area (Å²) in [5.74, 6) is 1.21. The van der Waals surface area contributed by atoms with Crippen LogP contribution in [0.3, 0.4) is 0 Å². The summed E-state index contributed by atoms with van der Waals surface area (Å²) in [7, 11) is 0. The maximum absolute atomic E-state index is 12.3. The van der Waals surface area contributed by atoms with Crippen molar-refractivity contribution < 1.29 is 14.6 Å². The number of aliphatic hydroxyl groups is 1. The summed E-state index contributed by atoms with van der Waals surface area (Å²) in [6.45, 7) is 11.5. The van der Waals surface area contributed by atoms with Crippen LogP contribution in [0.1, 0.15) is 63.5 Å². The second kappa shape index (κ2) is 12.4. The SMILES string of the molecule is CCCCCOc1ccc([C@](O)(CC(C)C)[C@@H](CN2CCOCC2)c2ccccc2)cc1. The van der Waals surface area contributed by atoms with Crippen molar-refractivity contribution in [3.05, 3.63) is 65.7 Å². The zero-order chi connectivity index (χ0) is 22.8. The number of hydrogen-bond acceptors (Lipinski definition) is 4. The molecule has 0 aliphatic carbocycles. The normalized spacial score (nSPS) is 17.8. The molecule has 3 rings (SSSR count). The van der Waals surface area contributed by atoms with E-state index < -0.39 is 5.60 Å². The van der Waals surface area contributed by atoms with Crippen molar-refractivity contribution in [2.45, 2.75) is 58.0 Å². The Bertz CT molecular complexity index is 771. The molecule has 2 atom stereocenters. The van der Waals surface area contributed by atoms with E-state index >= 15 is 0 Å². The molecule has 4 nitrogen and oxygen atoms in total. The molecule has 0 radical (unpaired) electrons. The molecule has 0 unspecified atom stereocenters. The molecular weight excluding hydrogens is 398 g/mol. The zero-order valence-corrected chi connectivity index (χ0v) is 20.1. The van der Waals surface area contributed by atoms with Gasteiger partial charge in [0.1, 0.15) is 5.75 Å². The summed E-state index contributed by atoms with van der Waals surface area (Å²) in [4.78, 5) is 2.43. The molecule has 1 fully saturated rings. The third-order valence-electron chi connectivity index (χ3n) is 6.41. The lowest BCUT2D eigenvalue weighted by molar-refractivity contribution is -0.0356. The summed E-state index contributed by atoms with van der Waals surface area (Å²) in [5.41, 5.74) is 1.19. The molecule has 1 aliphatic rings. The van der Waals surface area contributed by atoms with Gasteiger partial charge in [-0.1, -0.05) is 76.1 Å². The number of nitrogens with zero attached hydrogens (tertiary/aromatic N) is 1. The number of benzene rings is 2. The number of rotatable bonds is 12. The predicted octanol–water partition coefficient (Wildman–Crippen LogP) is 5.61. The van der Waals surface area contributed by atoms with E-state index in [4.69, 9.17) is 9.47 Å². The highest BCUT2D eigenvalue weighted by atomic mass is 16.5. The van der Waals surface area contributed by atoms with Crippen LogP contribution in [0.15, 0.2) is 54.6 Å². The lowest BCUT2D eigenvalue weighted by Crippen LogP contribution is -2.45. The van der Waals surface area contributed by atoms with Gasteiger partial charge in [0, 0.05) is 25.6 Å². The number of hydrogen-bond donors (Lipinski definition) is 1. The van der Waals surface area contributed by atoms with Gasteiger partial charge in [-0.05, 0) is 42.0 Å². The van der Waals surface area contributed by atoms with E-state index in [9.17, 15) is 5.11 Å². The van der Waals surface area contributed by atoms with Crippen LogP contribution < -0.4 is 4.74 Å². The van der Waals surface area contributed by atoms with E-state index in [1.54, 1.807) is 0 Å². The molecule has 2 aromatic carbocycles. The second-order valence-corrected chi connectivity index (χ2v) is 9.48. The van der Waals surface area contributed by atoms with Crippen molar-refractivity contribution in [1.29, 1.82) is 0 Å². The van der Waals surface area contributed by atoms with Gasteiger partial charge in [0.2, 0.25) is 0 Å². The van der Waals surface area contributed by atoms with E-state index in [0.717, 1.165) is 57.2 Å². The first kappa shape index (κ1) is 24.8. The first-order chi connectivity index (χ1) is 15.5. The summed E-state index contributed by atoms with van der Waals surface area (Å²) >= 11 is 0. The topological polar surface area (TPSA) is 41.9 Å². The quantitative estimate of drug-likeness (QED) is 0.437. The lowest BCUT2D eigenvalue weighted by Gasteiger charge is -2.42. The molecule has 0 bridgehead atoms. The molecule has 1 aliphatic heterocycles. The summed E-state index contributed by atoms with van der Waals surface area (Å²) in [5, 5.41) is 12.3. The Hall–Kier alpha value is -1.88. The second-order valence-electron chi connectivity index (χ2n) is 9.48. The first-order valence-electron chi connectivity index (χ1n) is 12.3. The van der Waals surface area contributed by atoms with Gasteiger partial charge in [0.15, 0.2) is 0 Å². The van der Waals surface area contributed by atoms with Gasteiger partial charge in [-0.2, -0.15) is 0 Å². The van der Waals surface area contributed by atoms with Gasteiger partial charge in [0.05, 0.1) is 25.4 Å². The van der Waals surface area contributed by atoms with Crippen LogP contribution >= 0.6 is 0 Å². The first-order valence-corrected chi connectivity index (χ1v) is 12.3. The van der Waals surface area contributed by atoms with Crippen LogP contribution in [0, 0.1) is 5.92 Å². The highest BCUT2D eigenvalue weighted by Gasteiger charge is 2.41. The summed E-state index contributed by atoms with van der Waals surface area (Å²) in [6, 6.07) is 18.7. The predicted molar refractivity (Wildman–Crippen MR) is 131 cm³/mol. The molecule has 1 saturated heterocycles. The minimum Gasteiger partial charge on any atom is -0.494 e. The Labute approximate surface area is 194 Å². The smallest absolute Gasteiger partial charge is 0.119 e. The minimum absolute atomic E-state index is 0.0273. The minimum atomic E-state index is -0.964. The van der Waals surface area contributed by atoms with E-state index in [0.29, 0.717) is 12.3 Å². The molecule has 4 heteroatoms. The third-order valence-corrected chi connectivity index (χ3v) is 6.41. The Morgan fingerprint density at radius 2 is 1.69 bits per heavy atom. The molecule has 0 amide bonds. The standard InChI is InChI=1S/C28H41NO3/c1-4-5-9-18-32-26-14-12-25(13-15-26)28(30,21-23(2)3)27(24-10-7-6-8-11-24)22-29-16-19-31-20-17-29/h6-8,10-15,23,27,30H,4-5,9,16-22H2,1-3H3/t27-,28+/m0/s1. The van der Waals surface area contributed by atoms with Crippen molar-refractivity contribution in [1.82, 2.24) is 4.90 Å². The van der Waals surface area contributed by atoms with Crippen LogP contribution in [0.2, 0.25) is 0 Å². The average molecular weight is 440 g/mol. The van der Waals surface area contributed by atoms with Gasteiger partial charge in [0.25, 0.3) is 0 Å². The number of ether oxygens (including phenoxy) is 2. The fraction of sp³-hybridized carbons (Fsp3) is 0.571. The molecule has 1 heterocycles. The van der Waals surface area contributed by atoms with Gasteiger partial charge in [-0.25, -0.2) is 0 Å². The molecule has 2 aromatic rings. The van der Waals surface area contributed by atoms with Crippen molar-refractivity contribution in [2.24, 2.45) is 5.92 Å². The van der Waals surface area contributed by atoms with Gasteiger partial charge in [-0.15, -0.1) is 0 Å². The fourth-order valence-electron chi connectivity index (χ4n) is 4.72. The van der Waals surface area contributed by atoms with E-state index in [1.165, 1.54) is 18.4 Å². The largest absolute Gasteiger partial charge is 0.494 e. The number of unbranched alkanes of at least 4 members (excludes halogenated alkanes) is 2. The van der Waals surface area contributed by atoms with Crippen molar-refractivity contribution in [2.75, 3.05) is 39.5 Å². The molecule has 0 spiro atoms. The van der Waals surface area contributed by atoms with Crippen molar-refractivity contribution in [3.63, 3.8) is 0 Å². The van der Waals surface area contributed by atoms with Crippen molar-refractivity contribution >= 4 is 0 Å². The van der Waals surface area contributed by atoms with Crippen molar-refractivity contribution in [3.8, 4) is 5.75 Å². The van der Waals surface area contributed by atoms with Crippen LogP contribution in [0.25, 0.3) is 0 Å². The van der Waals surface area contributed by atoms with Crippen LogP contribution in [0.4, 0.5) is 0 Å². The van der Waals surface area contributed by atoms with Gasteiger partial charge >= 0.3 is 0 Å². The van der Waals surface area contributed by atoms with Gasteiger partial charge < -0.3 is 14.6 Å². The molecule has 32 heavy (non-hydrogen) atoms. The van der Waals surface area contributed by atoms with Crippen LogP contribution in [-0.4, -0.2) is 49.5 Å². The summed E-state index contributed by atoms with van der Waals surface area (Å²) in [6.07, 6.45) is 4.15. The maximum atomic E-state index is 12.3. The third kappa shape index (κ3) is 6.81. The fourth-order valence-corrected chi connectivity index (χ4v) is 4.72. The monoisotopic (exact) mass is 439 g/mol. The van der Waals surface area contributed by atoms with E-state index in [-0.39, 0.29) is 5.92 Å². The van der Waals surface area contributed by atoms with E-state index in [1.807, 2.05) is 18.2 Å². The number of morpholine rings is 1. The Morgan fingerprint density at radius 3 is 2.31 bits per heavy atom.